The predicted octanol–water partition coefficient (Wildman–Crippen LogP) is 1.39. The fourth-order valence-electron chi connectivity index (χ4n) is 3.41. The largest absolute Gasteiger partial charge is 0.390 e. The lowest BCUT2D eigenvalue weighted by atomic mass is 9.75. The van der Waals surface area contributed by atoms with Gasteiger partial charge in [0.2, 0.25) is 5.91 Å². The molecule has 0 saturated carbocycles. The third kappa shape index (κ3) is 2.95. The number of aliphatic hydroxyl groups is 1. The molecular formula is C15H28N2O2. The number of amides is 1. The minimum atomic E-state index is -0.603. The zero-order valence-corrected chi connectivity index (χ0v) is 12.5. The van der Waals surface area contributed by atoms with E-state index in [9.17, 15) is 9.90 Å². The van der Waals surface area contributed by atoms with Gasteiger partial charge in [0.05, 0.1) is 11.0 Å². The zero-order chi connectivity index (χ0) is 14.1. The van der Waals surface area contributed by atoms with Crippen molar-refractivity contribution in [2.75, 3.05) is 26.2 Å². The summed E-state index contributed by atoms with van der Waals surface area (Å²) in [5, 5.41) is 13.5. The molecule has 0 bridgehead atoms. The molecule has 0 aliphatic carbocycles. The third-order valence-electron chi connectivity index (χ3n) is 5.07. The summed E-state index contributed by atoms with van der Waals surface area (Å²) in [6.45, 7) is 9.42. The molecule has 2 atom stereocenters. The highest BCUT2D eigenvalue weighted by molar-refractivity contribution is 5.83. The van der Waals surface area contributed by atoms with Crippen LogP contribution in [-0.2, 0) is 4.79 Å². The van der Waals surface area contributed by atoms with Gasteiger partial charge in [-0.2, -0.15) is 0 Å². The second-order valence-electron chi connectivity index (χ2n) is 6.88. The number of rotatable bonds is 2. The van der Waals surface area contributed by atoms with Crippen molar-refractivity contribution in [2.24, 2.45) is 11.3 Å². The molecule has 4 nitrogen and oxygen atoms in total. The first-order valence-corrected chi connectivity index (χ1v) is 7.60. The average molecular weight is 268 g/mol. The Morgan fingerprint density at radius 2 is 2.00 bits per heavy atom. The highest BCUT2D eigenvalue weighted by Gasteiger charge is 2.46. The molecule has 2 rings (SSSR count). The van der Waals surface area contributed by atoms with Crippen LogP contribution in [0.1, 0.15) is 46.5 Å². The van der Waals surface area contributed by atoms with Gasteiger partial charge in [-0.3, -0.25) is 4.79 Å². The molecule has 2 aliphatic heterocycles. The lowest BCUT2D eigenvalue weighted by molar-refractivity contribution is -0.143. The van der Waals surface area contributed by atoms with Gasteiger partial charge < -0.3 is 15.3 Å². The van der Waals surface area contributed by atoms with Gasteiger partial charge in [0.1, 0.15) is 0 Å². The van der Waals surface area contributed by atoms with Gasteiger partial charge in [0.25, 0.3) is 0 Å². The van der Waals surface area contributed by atoms with Crippen molar-refractivity contribution in [3.8, 4) is 0 Å². The summed E-state index contributed by atoms with van der Waals surface area (Å²) in [6.07, 6.45) is 3.33. The van der Waals surface area contributed by atoms with Crippen LogP contribution in [0.4, 0.5) is 0 Å². The molecule has 2 heterocycles. The van der Waals surface area contributed by atoms with Crippen molar-refractivity contribution >= 4 is 5.91 Å². The Kier molecular flexibility index (Phi) is 4.21. The van der Waals surface area contributed by atoms with Crippen molar-refractivity contribution in [3.63, 3.8) is 0 Å². The number of likely N-dealkylation sites (tertiary alicyclic amines) is 1. The maximum Gasteiger partial charge on any atom is 0.230 e. The van der Waals surface area contributed by atoms with E-state index in [0.717, 1.165) is 38.9 Å². The normalized spacial score (nSPS) is 36.6. The monoisotopic (exact) mass is 268 g/mol. The van der Waals surface area contributed by atoms with Crippen molar-refractivity contribution in [3.05, 3.63) is 0 Å². The molecule has 4 heteroatoms. The molecule has 2 aliphatic rings. The Hall–Kier alpha value is -0.610. The Balaban J connectivity index is 2.10. The number of hydrogen-bond donors (Lipinski definition) is 2. The maximum absolute atomic E-state index is 12.9. The van der Waals surface area contributed by atoms with E-state index in [1.54, 1.807) is 0 Å². The lowest BCUT2D eigenvalue weighted by Gasteiger charge is -2.36. The second kappa shape index (κ2) is 5.41. The van der Waals surface area contributed by atoms with Crippen LogP contribution in [0.5, 0.6) is 0 Å². The SMILES string of the molecule is CC(C)C1(C(=O)N2CCCC(C)(O)CC2)CCNC1. The van der Waals surface area contributed by atoms with E-state index in [0.29, 0.717) is 24.8 Å². The van der Waals surface area contributed by atoms with E-state index in [1.165, 1.54) is 0 Å². The van der Waals surface area contributed by atoms with Crippen LogP contribution in [-0.4, -0.2) is 47.7 Å². The summed E-state index contributed by atoms with van der Waals surface area (Å²) in [4.78, 5) is 14.9. The minimum absolute atomic E-state index is 0.226. The van der Waals surface area contributed by atoms with E-state index < -0.39 is 5.60 Å². The smallest absolute Gasteiger partial charge is 0.230 e. The summed E-state index contributed by atoms with van der Waals surface area (Å²) < 4.78 is 0. The standard InChI is InChI=1S/C15H28N2O2/c1-12(2)15(6-8-16-11-15)13(18)17-9-4-5-14(3,19)7-10-17/h12,16,19H,4-11H2,1-3H3. The zero-order valence-electron chi connectivity index (χ0n) is 12.5. The summed E-state index contributed by atoms with van der Waals surface area (Å²) in [5.41, 5.74) is -0.829. The molecule has 0 spiro atoms. The first-order valence-electron chi connectivity index (χ1n) is 7.60. The quantitative estimate of drug-likeness (QED) is 0.795. The molecule has 2 N–H and O–H groups in total. The molecule has 0 aromatic carbocycles. The fourth-order valence-corrected chi connectivity index (χ4v) is 3.41. The topological polar surface area (TPSA) is 52.6 Å². The second-order valence-corrected chi connectivity index (χ2v) is 6.88. The van der Waals surface area contributed by atoms with Gasteiger partial charge in [-0.05, 0) is 45.1 Å². The van der Waals surface area contributed by atoms with Crippen LogP contribution in [0.15, 0.2) is 0 Å². The first-order chi connectivity index (χ1) is 8.87. The molecule has 2 fully saturated rings. The summed E-state index contributed by atoms with van der Waals surface area (Å²) >= 11 is 0. The Morgan fingerprint density at radius 3 is 2.58 bits per heavy atom. The van der Waals surface area contributed by atoms with Crippen molar-refractivity contribution < 1.29 is 9.90 Å². The number of nitrogens with one attached hydrogen (secondary N) is 1. The van der Waals surface area contributed by atoms with Crippen LogP contribution < -0.4 is 5.32 Å². The maximum atomic E-state index is 12.9. The van der Waals surface area contributed by atoms with Gasteiger partial charge in [-0.1, -0.05) is 13.8 Å². The molecule has 0 radical (unpaired) electrons. The number of nitrogens with zero attached hydrogens (tertiary/aromatic N) is 1. The minimum Gasteiger partial charge on any atom is -0.390 e. The van der Waals surface area contributed by atoms with Crippen LogP contribution in [0.3, 0.4) is 0 Å². The van der Waals surface area contributed by atoms with Crippen LogP contribution in [0.25, 0.3) is 0 Å². The Bertz CT molecular complexity index is 333. The molecule has 19 heavy (non-hydrogen) atoms. The van der Waals surface area contributed by atoms with Crippen LogP contribution in [0.2, 0.25) is 0 Å². The Labute approximate surface area is 116 Å². The molecule has 0 aromatic rings. The summed E-state index contributed by atoms with van der Waals surface area (Å²) in [7, 11) is 0. The van der Waals surface area contributed by atoms with Crippen LogP contribution in [0, 0.1) is 11.3 Å². The van der Waals surface area contributed by atoms with Crippen LogP contribution >= 0.6 is 0 Å². The van der Waals surface area contributed by atoms with Crippen molar-refractivity contribution in [1.82, 2.24) is 10.2 Å². The number of carbonyl (C=O) groups is 1. The van der Waals surface area contributed by atoms with Gasteiger partial charge in [-0.15, -0.1) is 0 Å². The van der Waals surface area contributed by atoms with Gasteiger partial charge >= 0.3 is 0 Å². The Morgan fingerprint density at radius 1 is 1.26 bits per heavy atom. The van der Waals surface area contributed by atoms with Crippen molar-refractivity contribution in [1.29, 1.82) is 0 Å². The van der Waals surface area contributed by atoms with E-state index >= 15 is 0 Å². The predicted molar refractivity (Wildman–Crippen MR) is 75.8 cm³/mol. The van der Waals surface area contributed by atoms with Crippen molar-refractivity contribution in [2.45, 2.75) is 52.1 Å². The molecule has 110 valence electrons. The molecule has 0 aromatic heterocycles. The summed E-state index contributed by atoms with van der Waals surface area (Å²) in [5.74, 6) is 0.656. The van der Waals surface area contributed by atoms with Gasteiger partial charge in [-0.25, -0.2) is 0 Å². The van der Waals surface area contributed by atoms with E-state index in [2.05, 4.69) is 19.2 Å². The van der Waals surface area contributed by atoms with Gasteiger partial charge in [0.15, 0.2) is 0 Å². The van der Waals surface area contributed by atoms with E-state index in [4.69, 9.17) is 0 Å². The number of carbonyl (C=O) groups excluding carboxylic acids is 1. The average Bonchev–Trinajstić information content (AvgIpc) is 2.76. The first kappa shape index (κ1) is 14.8. The molecule has 2 unspecified atom stereocenters. The number of hydrogen-bond acceptors (Lipinski definition) is 3. The molecule has 2 saturated heterocycles. The highest BCUT2D eigenvalue weighted by atomic mass is 16.3. The molecular weight excluding hydrogens is 240 g/mol. The highest BCUT2D eigenvalue weighted by Crippen LogP contribution is 2.37. The summed E-state index contributed by atoms with van der Waals surface area (Å²) in [6, 6.07) is 0. The third-order valence-corrected chi connectivity index (χ3v) is 5.07. The van der Waals surface area contributed by atoms with Gasteiger partial charge in [0, 0.05) is 19.6 Å². The van der Waals surface area contributed by atoms with E-state index in [-0.39, 0.29) is 5.41 Å². The molecule has 1 amide bonds. The lowest BCUT2D eigenvalue weighted by Crippen LogP contribution is -2.48. The van der Waals surface area contributed by atoms with E-state index in [1.807, 2.05) is 11.8 Å². The fraction of sp³-hybridized carbons (Fsp3) is 0.933.